The third kappa shape index (κ3) is 3.47. The highest BCUT2D eigenvalue weighted by Gasteiger charge is 2.12. The van der Waals surface area contributed by atoms with Crippen LogP contribution in [0.4, 0.5) is 0 Å². The van der Waals surface area contributed by atoms with Crippen molar-refractivity contribution in [1.82, 2.24) is 0 Å². The molecule has 1 aromatic carbocycles. The molecule has 0 bridgehead atoms. The van der Waals surface area contributed by atoms with Crippen LogP contribution in [0.1, 0.15) is 17.2 Å². The van der Waals surface area contributed by atoms with Gasteiger partial charge in [0.15, 0.2) is 0 Å². The largest absolute Gasteiger partial charge is 0.323 e. The summed E-state index contributed by atoms with van der Waals surface area (Å²) >= 11 is 0. The molecule has 0 aliphatic rings. The van der Waals surface area contributed by atoms with E-state index in [1.165, 1.54) is 6.26 Å². The number of benzene rings is 1. The van der Waals surface area contributed by atoms with Crippen molar-refractivity contribution in [1.29, 1.82) is 0 Å². The van der Waals surface area contributed by atoms with Gasteiger partial charge in [0.1, 0.15) is 9.84 Å². The van der Waals surface area contributed by atoms with Gasteiger partial charge in [0.25, 0.3) is 0 Å². The minimum atomic E-state index is -3.01. The molecule has 0 fully saturated rings. The van der Waals surface area contributed by atoms with Gasteiger partial charge in [-0.25, -0.2) is 8.42 Å². The van der Waals surface area contributed by atoms with E-state index in [-0.39, 0.29) is 5.75 Å². The Morgan fingerprint density at radius 2 is 1.79 bits per heavy atom. The average molecular weight is 213 g/mol. The first-order valence-electron chi connectivity index (χ1n) is 4.38. The van der Waals surface area contributed by atoms with Gasteiger partial charge in [0.2, 0.25) is 0 Å². The molecule has 3 nitrogen and oxygen atoms in total. The second-order valence-corrected chi connectivity index (χ2v) is 5.79. The smallest absolute Gasteiger partial charge is 0.149 e. The molecule has 0 aromatic heterocycles. The second-order valence-electron chi connectivity index (χ2n) is 3.61. The van der Waals surface area contributed by atoms with E-state index in [0.717, 1.165) is 11.1 Å². The topological polar surface area (TPSA) is 60.2 Å². The van der Waals surface area contributed by atoms with E-state index in [1.54, 1.807) is 0 Å². The zero-order chi connectivity index (χ0) is 10.8. The molecule has 14 heavy (non-hydrogen) atoms. The van der Waals surface area contributed by atoms with Gasteiger partial charge in [-0.15, -0.1) is 0 Å². The van der Waals surface area contributed by atoms with Crippen molar-refractivity contribution < 1.29 is 8.42 Å². The van der Waals surface area contributed by atoms with Crippen LogP contribution >= 0.6 is 0 Å². The summed E-state index contributed by atoms with van der Waals surface area (Å²) in [5.74, 6) is -0.00391. The number of hydrogen-bond donors (Lipinski definition) is 1. The van der Waals surface area contributed by atoms with E-state index < -0.39 is 15.9 Å². The minimum absolute atomic E-state index is 0.00391. The van der Waals surface area contributed by atoms with Crippen LogP contribution < -0.4 is 5.73 Å². The van der Waals surface area contributed by atoms with E-state index in [9.17, 15) is 8.42 Å². The second kappa shape index (κ2) is 4.11. The van der Waals surface area contributed by atoms with Crippen molar-refractivity contribution in [2.45, 2.75) is 13.0 Å². The van der Waals surface area contributed by atoms with Crippen LogP contribution in [0.25, 0.3) is 0 Å². The molecule has 0 saturated carbocycles. The molecule has 0 aliphatic heterocycles. The van der Waals surface area contributed by atoms with Gasteiger partial charge >= 0.3 is 0 Å². The normalized spacial score (nSPS) is 13.9. The van der Waals surface area contributed by atoms with Crippen molar-refractivity contribution in [3.63, 3.8) is 0 Å². The zero-order valence-electron chi connectivity index (χ0n) is 8.40. The van der Waals surface area contributed by atoms with Crippen LogP contribution in [-0.4, -0.2) is 20.4 Å². The summed E-state index contributed by atoms with van der Waals surface area (Å²) < 4.78 is 22.0. The van der Waals surface area contributed by atoms with Crippen LogP contribution in [0.2, 0.25) is 0 Å². The van der Waals surface area contributed by atoms with E-state index in [0.29, 0.717) is 0 Å². The Kier molecular flexibility index (Phi) is 3.29. The first-order valence-corrected chi connectivity index (χ1v) is 6.44. The Morgan fingerprint density at radius 3 is 2.21 bits per heavy atom. The summed E-state index contributed by atoms with van der Waals surface area (Å²) in [6.45, 7) is 1.98. The quantitative estimate of drug-likeness (QED) is 0.816. The maximum Gasteiger partial charge on any atom is 0.149 e. The summed E-state index contributed by atoms with van der Waals surface area (Å²) in [5.41, 5.74) is 7.75. The van der Waals surface area contributed by atoms with Gasteiger partial charge in [-0.2, -0.15) is 0 Å². The van der Waals surface area contributed by atoms with Crippen molar-refractivity contribution in [3.8, 4) is 0 Å². The Morgan fingerprint density at radius 1 is 1.29 bits per heavy atom. The van der Waals surface area contributed by atoms with Crippen molar-refractivity contribution >= 4 is 9.84 Å². The summed E-state index contributed by atoms with van der Waals surface area (Å²) in [7, 11) is -3.01. The van der Waals surface area contributed by atoms with Crippen molar-refractivity contribution in [3.05, 3.63) is 35.4 Å². The molecule has 1 aromatic rings. The highest BCUT2D eigenvalue weighted by molar-refractivity contribution is 7.90. The first-order chi connectivity index (χ1) is 6.38. The van der Waals surface area contributed by atoms with Crippen LogP contribution in [0, 0.1) is 6.92 Å². The fourth-order valence-electron chi connectivity index (χ4n) is 1.24. The molecule has 1 rings (SSSR count). The predicted octanol–water partition coefficient (Wildman–Crippen LogP) is 1.04. The Balaban J connectivity index is 2.80. The minimum Gasteiger partial charge on any atom is -0.323 e. The lowest BCUT2D eigenvalue weighted by Crippen LogP contribution is -2.20. The molecule has 0 saturated heterocycles. The van der Waals surface area contributed by atoms with Gasteiger partial charge in [0, 0.05) is 12.3 Å². The molecule has 1 atom stereocenters. The highest BCUT2D eigenvalue weighted by Crippen LogP contribution is 2.12. The molecule has 0 amide bonds. The number of hydrogen-bond acceptors (Lipinski definition) is 3. The van der Waals surface area contributed by atoms with Crippen molar-refractivity contribution in [2.24, 2.45) is 5.73 Å². The van der Waals surface area contributed by atoms with Crippen LogP contribution in [0.5, 0.6) is 0 Å². The number of aryl methyl sites for hydroxylation is 1. The van der Waals surface area contributed by atoms with Gasteiger partial charge in [0.05, 0.1) is 5.75 Å². The van der Waals surface area contributed by atoms with E-state index in [2.05, 4.69) is 0 Å². The molecular weight excluding hydrogens is 198 g/mol. The highest BCUT2D eigenvalue weighted by atomic mass is 32.2. The van der Waals surface area contributed by atoms with Crippen LogP contribution in [0.3, 0.4) is 0 Å². The summed E-state index contributed by atoms with van der Waals surface area (Å²) in [5, 5.41) is 0. The summed E-state index contributed by atoms with van der Waals surface area (Å²) in [6, 6.07) is 7.16. The average Bonchev–Trinajstić information content (AvgIpc) is 2.02. The van der Waals surface area contributed by atoms with Crippen LogP contribution in [0.15, 0.2) is 24.3 Å². The Labute approximate surface area is 84.9 Å². The molecule has 0 radical (unpaired) electrons. The zero-order valence-corrected chi connectivity index (χ0v) is 9.21. The molecular formula is C10H15NO2S. The first kappa shape index (κ1) is 11.2. The summed E-state index contributed by atoms with van der Waals surface area (Å²) in [6.07, 6.45) is 1.20. The van der Waals surface area contributed by atoms with Crippen LogP contribution in [-0.2, 0) is 9.84 Å². The molecule has 4 heteroatoms. The molecule has 2 N–H and O–H groups in total. The lowest BCUT2D eigenvalue weighted by Gasteiger charge is -2.10. The van der Waals surface area contributed by atoms with Gasteiger partial charge < -0.3 is 5.73 Å². The van der Waals surface area contributed by atoms with Gasteiger partial charge in [-0.1, -0.05) is 29.8 Å². The number of sulfone groups is 1. The predicted molar refractivity (Wildman–Crippen MR) is 57.8 cm³/mol. The molecule has 0 spiro atoms. The standard InChI is InChI=1S/C10H15NO2S/c1-8-3-5-9(6-4-8)10(11)7-14(2,12)13/h3-6,10H,7,11H2,1-2H3. The van der Waals surface area contributed by atoms with Gasteiger partial charge in [-0.3, -0.25) is 0 Å². The Hall–Kier alpha value is -0.870. The fourth-order valence-corrected chi connectivity index (χ4v) is 2.08. The molecule has 1 unspecified atom stereocenters. The maximum absolute atomic E-state index is 11.0. The summed E-state index contributed by atoms with van der Waals surface area (Å²) in [4.78, 5) is 0. The maximum atomic E-state index is 11.0. The monoisotopic (exact) mass is 213 g/mol. The number of rotatable bonds is 3. The van der Waals surface area contributed by atoms with E-state index in [4.69, 9.17) is 5.73 Å². The van der Waals surface area contributed by atoms with E-state index in [1.807, 2.05) is 31.2 Å². The van der Waals surface area contributed by atoms with E-state index >= 15 is 0 Å². The fraction of sp³-hybridized carbons (Fsp3) is 0.400. The molecule has 0 heterocycles. The number of nitrogens with two attached hydrogens (primary N) is 1. The lowest BCUT2D eigenvalue weighted by molar-refractivity contribution is 0.595. The molecule has 0 aliphatic carbocycles. The Bertz CT molecular complexity index is 395. The van der Waals surface area contributed by atoms with Gasteiger partial charge in [-0.05, 0) is 12.5 Å². The third-order valence-corrected chi connectivity index (χ3v) is 2.95. The molecule has 78 valence electrons. The van der Waals surface area contributed by atoms with Crippen molar-refractivity contribution in [2.75, 3.05) is 12.0 Å². The lowest BCUT2D eigenvalue weighted by atomic mass is 10.1. The SMILES string of the molecule is Cc1ccc(C(N)CS(C)(=O)=O)cc1. The third-order valence-electron chi connectivity index (χ3n) is 1.99.